The third-order valence-electron chi connectivity index (χ3n) is 4.40. The Morgan fingerprint density at radius 2 is 1.96 bits per heavy atom. The van der Waals surface area contributed by atoms with Gasteiger partial charge in [-0.25, -0.2) is 4.98 Å². The average molecular weight is 392 g/mol. The summed E-state index contributed by atoms with van der Waals surface area (Å²) >= 11 is 1.25. The van der Waals surface area contributed by atoms with E-state index in [1.165, 1.54) is 11.3 Å². The van der Waals surface area contributed by atoms with Crippen LogP contribution in [0.1, 0.15) is 27.9 Å². The van der Waals surface area contributed by atoms with E-state index in [0.29, 0.717) is 22.2 Å². The summed E-state index contributed by atoms with van der Waals surface area (Å²) in [5.74, 6) is 0.912. The average Bonchev–Trinajstić information content (AvgIpc) is 3.21. The maximum atomic E-state index is 13.2. The number of rotatable bonds is 6. The van der Waals surface area contributed by atoms with Gasteiger partial charge in [0.25, 0.3) is 0 Å². The Labute approximate surface area is 166 Å². The molecule has 2 heterocycles. The molecule has 0 saturated heterocycles. The van der Waals surface area contributed by atoms with Gasteiger partial charge in [0.1, 0.15) is 16.4 Å². The first-order chi connectivity index (χ1) is 13.6. The summed E-state index contributed by atoms with van der Waals surface area (Å²) in [6, 6.07) is 15.3. The molecule has 0 amide bonds. The topological polar surface area (TPSA) is 93.0 Å². The number of hydrogen-bond donors (Lipinski definition) is 3. The van der Waals surface area contributed by atoms with Crippen molar-refractivity contribution in [3.05, 3.63) is 64.7 Å². The molecule has 0 fully saturated rings. The molecule has 0 spiro atoms. The van der Waals surface area contributed by atoms with E-state index in [2.05, 4.69) is 15.3 Å². The van der Waals surface area contributed by atoms with Crippen LogP contribution in [0, 0.1) is 6.92 Å². The number of nitrogens with one attached hydrogen (secondary N) is 2. The van der Waals surface area contributed by atoms with Gasteiger partial charge in [0.2, 0.25) is 5.78 Å². The lowest BCUT2D eigenvalue weighted by atomic mass is 10.1. The number of nitrogens with two attached hydrogens (primary N) is 1. The van der Waals surface area contributed by atoms with Gasteiger partial charge in [0, 0.05) is 22.3 Å². The van der Waals surface area contributed by atoms with E-state index in [0.717, 1.165) is 28.0 Å². The molecule has 7 heteroatoms. The number of carbonyl (C=O) groups is 1. The zero-order valence-electron chi connectivity index (χ0n) is 15.6. The highest BCUT2D eigenvalue weighted by Crippen LogP contribution is 2.33. The van der Waals surface area contributed by atoms with E-state index in [-0.39, 0.29) is 11.6 Å². The highest BCUT2D eigenvalue weighted by atomic mass is 32.1. The molecule has 2 aromatic carbocycles. The zero-order chi connectivity index (χ0) is 19.7. The Balaban J connectivity index is 1.62. The Kier molecular flexibility index (Phi) is 4.75. The summed E-state index contributed by atoms with van der Waals surface area (Å²) in [6.07, 6.45) is 0. The third-order valence-corrected chi connectivity index (χ3v) is 5.38. The largest absolute Gasteiger partial charge is 0.494 e. The number of fused-ring (bicyclic) bond motifs is 1. The molecule has 0 unspecified atom stereocenters. The Morgan fingerprint density at radius 3 is 2.71 bits per heavy atom. The van der Waals surface area contributed by atoms with Crippen molar-refractivity contribution in [2.45, 2.75) is 13.8 Å². The summed E-state index contributed by atoms with van der Waals surface area (Å²) in [5.41, 5.74) is 9.30. The lowest BCUT2D eigenvalue weighted by molar-refractivity contribution is 0.104. The fourth-order valence-corrected chi connectivity index (χ4v) is 4.01. The number of H-pyrrole nitrogens is 1. The summed E-state index contributed by atoms with van der Waals surface area (Å²) < 4.78 is 5.44. The van der Waals surface area contributed by atoms with Gasteiger partial charge < -0.3 is 20.8 Å². The Bertz CT molecular complexity index is 1150. The van der Waals surface area contributed by atoms with Crippen LogP contribution in [0.2, 0.25) is 0 Å². The van der Waals surface area contributed by atoms with Crippen LogP contribution in [-0.2, 0) is 0 Å². The minimum atomic E-state index is -0.121. The second-order valence-electron chi connectivity index (χ2n) is 6.32. The van der Waals surface area contributed by atoms with E-state index in [4.69, 9.17) is 10.5 Å². The van der Waals surface area contributed by atoms with Gasteiger partial charge in [0.05, 0.1) is 12.2 Å². The first-order valence-electron chi connectivity index (χ1n) is 8.95. The van der Waals surface area contributed by atoms with Crippen molar-refractivity contribution in [2.75, 3.05) is 17.7 Å². The minimum Gasteiger partial charge on any atom is -0.494 e. The van der Waals surface area contributed by atoms with Gasteiger partial charge in [0.15, 0.2) is 5.13 Å². The number of ketones is 1. The quantitative estimate of drug-likeness (QED) is 0.406. The van der Waals surface area contributed by atoms with Crippen LogP contribution in [0.3, 0.4) is 0 Å². The first kappa shape index (κ1) is 18.1. The number of nitrogens with zero attached hydrogens (tertiary/aromatic N) is 1. The third kappa shape index (κ3) is 3.32. The van der Waals surface area contributed by atoms with Crippen LogP contribution in [0.15, 0.2) is 48.5 Å². The van der Waals surface area contributed by atoms with Crippen LogP contribution in [0.4, 0.5) is 16.6 Å². The molecule has 0 saturated carbocycles. The van der Waals surface area contributed by atoms with Crippen molar-refractivity contribution < 1.29 is 9.53 Å². The van der Waals surface area contributed by atoms with Gasteiger partial charge in [-0.05, 0) is 44.2 Å². The normalized spacial score (nSPS) is 10.9. The van der Waals surface area contributed by atoms with Crippen molar-refractivity contribution >= 4 is 44.7 Å². The number of hydrogen-bond acceptors (Lipinski definition) is 6. The maximum Gasteiger partial charge on any atom is 0.209 e. The monoisotopic (exact) mass is 392 g/mol. The Hall–Kier alpha value is -3.32. The standard InChI is InChI=1S/C21H20N4O2S/c1-3-27-14-10-8-13(9-11-14)24-21-25-20(22)19(28-21)18(26)17-12(2)23-16-7-5-4-6-15(16)17/h4-11,23H,3,22H2,1-2H3,(H,24,25). The summed E-state index contributed by atoms with van der Waals surface area (Å²) in [7, 11) is 0. The van der Waals surface area contributed by atoms with Crippen molar-refractivity contribution in [1.82, 2.24) is 9.97 Å². The van der Waals surface area contributed by atoms with Crippen LogP contribution < -0.4 is 15.8 Å². The highest BCUT2D eigenvalue weighted by molar-refractivity contribution is 7.18. The van der Waals surface area contributed by atoms with Crippen molar-refractivity contribution in [3.63, 3.8) is 0 Å². The maximum absolute atomic E-state index is 13.2. The molecule has 142 valence electrons. The van der Waals surface area contributed by atoms with Crippen LogP contribution in [-0.4, -0.2) is 22.4 Å². The van der Waals surface area contributed by atoms with Crippen molar-refractivity contribution in [3.8, 4) is 5.75 Å². The molecule has 0 radical (unpaired) electrons. The van der Waals surface area contributed by atoms with E-state index < -0.39 is 0 Å². The molecule has 28 heavy (non-hydrogen) atoms. The molecule has 6 nitrogen and oxygen atoms in total. The fourth-order valence-electron chi connectivity index (χ4n) is 3.16. The predicted octanol–water partition coefficient (Wildman–Crippen LogP) is 4.89. The fraction of sp³-hybridized carbons (Fsp3) is 0.143. The number of anilines is 3. The van der Waals surface area contributed by atoms with Gasteiger partial charge in [-0.3, -0.25) is 4.79 Å². The van der Waals surface area contributed by atoms with E-state index >= 15 is 0 Å². The van der Waals surface area contributed by atoms with Gasteiger partial charge in [-0.15, -0.1) is 0 Å². The highest BCUT2D eigenvalue weighted by Gasteiger charge is 2.23. The summed E-state index contributed by atoms with van der Waals surface area (Å²) in [6.45, 7) is 4.45. The summed E-state index contributed by atoms with van der Waals surface area (Å²) in [4.78, 5) is 21.2. The first-order valence-corrected chi connectivity index (χ1v) is 9.76. The molecule has 2 aromatic heterocycles. The molecule has 0 atom stereocenters. The number of thiazole rings is 1. The number of carbonyl (C=O) groups excluding carboxylic acids is 1. The van der Waals surface area contributed by atoms with Gasteiger partial charge in [-0.1, -0.05) is 29.5 Å². The molecule has 4 N–H and O–H groups in total. The smallest absolute Gasteiger partial charge is 0.209 e. The zero-order valence-corrected chi connectivity index (χ0v) is 16.4. The molecule has 4 aromatic rings. The molecule has 0 aliphatic rings. The number of aromatic nitrogens is 2. The number of nitrogen functional groups attached to an aromatic ring is 1. The van der Waals surface area contributed by atoms with Crippen molar-refractivity contribution in [2.24, 2.45) is 0 Å². The molecule has 0 aliphatic carbocycles. The number of ether oxygens (including phenoxy) is 1. The molecular weight excluding hydrogens is 372 g/mol. The second-order valence-corrected chi connectivity index (χ2v) is 7.31. The molecule has 4 rings (SSSR count). The SMILES string of the molecule is CCOc1ccc(Nc2nc(N)c(C(=O)c3c(C)[nH]c4ccccc34)s2)cc1. The second kappa shape index (κ2) is 7.36. The van der Waals surface area contributed by atoms with Crippen LogP contribution in [0.25, 0.3) is 10.9 Å². The Morgan fingerprint density at radius 1 is 1.21 bits per heavy atom. The number of aryl methyl sites for hydroxylation is 1. The van der Waals surface area contributed by atoms with E-state index in [1.807, 2.05) is 62.4 Å². The number of benzene rings is 2. The van der Waals surface area contributed by atoms with Gasteiger partial charge in [-0.2, -0.15) is 0 Å². The lowest BCUT2D eigenvalue weighted by Crippen LogP contribution is -2.03. The van der Waals surface area contributed by atoms with Gasteiger partial charge >= 0.3 is 0 Å². The number of aromatic amines is 1. The van der Waals surface area contributed by atoms with Crippen molar-refractivity contribution in [1.29, 1.82) is 0 Å². The molecule has 0 aliphatic heterocycles. The lowest BCUT2D eigenvalue weighted by Gasteiger charge is -2.05. The summed E-state index contributed by atoms with van der Waals surface area (Å²) in [5, 5.41) is 4.66. The van der Waals surface area contributed by atoms with E-state index in [1.54, 1.807) is 0 Å². The molecular formula is C21H20N4O2S. The number of para-hydroxylation sites is 1. The van der Waals surface area contributed by atoms with Crippen LogP contribution in [0.5, 0.6) is 5.75 Å². The minimum absolute atomic E-state index is 0.121. The van der Waals surface area contributed by atoms with Crippen LogP contribution >= 0.6 is 11.3 Å². The van der Waals surface area contributed by atoms with E-state index in [9.17, 15) is 4.79 Å². The predicted molar refractivity (Wildman–Crippen MR) is 114 cm³/mol. The molecule has 0 bridgehead atoms.